The van der Waals surface area contributed by atoms with E-state index in [1.165, 1.54) is 6.08 Å². The Bertz CT molecular complexity index is 769. The number of rotatable bonds is 6. The molecule has 1 aromatic carbocycles. The molecule has 0 radical (unpaired) electrons. The Kier molecular flexibility index (Phi) is 7.29. The third-order valence-corrected chi connectivity index (χ3v) is 3.69. The molecule has 1 N–H and O–H groups in total. The maximum atomic E-state index is 12.1. The molecule has 2 rings (SSSR count). The van der Waals surface area contributed by atoms with E-state index in [1.54, 1.807) is 23.4 Å². The van der Waals surface area contributed by atoms with E-state index in [-0.39, 0.29) is 5.91 Å². The van der Waals surface area contributed by atoms with E-state index in [0.29, 0.717) is 24.6 Å². The highest BCUT2D eigenvalue weighted by atomic mass is 32.1. The molecule has 1 aromatic heterocycles. The van der Waals surface area contributed by atoms with Crippen LogP contribution in [0.25, 0.3) is 6.08 Å². The first-order valence-corrected chi connectivity index (χ1v) is 8.19. The van der Waals surface area contributed by atoms with Gasteiger partial charge in [-0.05, 0) is 35.5 Å². The van der Waals surface area contributed by atoms with Gasteiger partial charge in [0.05, 0.1) is 12.5 Å². The van der Waals surface area contributed by atoms with Gasteiger partial charge in [-0.15, -0.1) is 0 Å². The molecule has 0 bridgehead atoms. The van der Waals surface area contributed by atoms with Crippen molar-refractivity contribution in [3.05, 3.63) is 72.1 Å². The van der Waals surface area contributed by atoms with Crippen LogP contribution in [0.3, 0.4) is 0 Å². The molecule has 0 saturated heterocycles. The van der Waals surface area contributed by atoms with Crippen LogP contribution in [-0.2, 0) is 11.3 Å². The van der Waals surface area contributed by atoms with Crippen LogP contribution >= 0.6 is 12.2 Å². The second-order valence-electron chi connectivity index (χ2n) is 5.23. The summed E-state index contributed by atoms with van der Waals surface area (Å²) < 4.78 is 0. The summed E-state index contributed by atoms with van der Waals surface area (Å²) in [5, 5.41) is 11.8. The van der Waals surface area contributed by atoms with Crippen LogP contribution in [0.2, 0.25) is 0 Å². The van der Waals surface area contributed by atoms with Gasteiger partial charge in [-0.3, -0.25) is 15.1 Å². The van der Waals surface area contributed by atoms with Gasteiger partial charge in [0.25, 0.3) is 0 Å². The maximum Gasteiger partial charge on any atom is 0.250 e. The Morgan fingerprint density at radius 1 is 1.28 bits per heavy atom. The quantitative estimate of drug-likeness (QED) is 0.641. The third kappa shape index (κ3) is 6.53. The molecule has 25 heavy (non-hydrogen) atoms. The van der Waals surface area contributed by atoms with Gasteiger partial charge in [0.1, 0.15) is 0 Å². The zero-order valence-corrected chi connectivity index (χ0v) is 14.4. The second-order valence-corrected chi connectivity index (χ2v) is 5.62. The number of benzene rings is 1. The van der Waals surface area contributed by atoms with Crippen molar-refractivity contribution in [3.63, 3.8) is 0 Å². The summed E-state index contributed by atoms with van der Waals surface area (Å²) in [7, 11) is 0. The molecule has 6 heteroatoms. The number of aromatic nitrogens is 1. The minimum Gasteiger partial charge on any atom is -0.344 e. The van der Waals surface area contributed by atoms with Crippen molar-refractivity contribution in [1.82, 2.24) is 15.2 Å². The number of hydrogen-bond acceptors (Lipinski definition) is 4. The molecule has 5 nitrogen and oxygen atoms in total. The Morgan fingerprint density at radius 2 is 2.08 bits per heavy atom. The molecule has 0 spiro atoms. The minimum absolute atomic E-state index is 0.293. The van der Waals surface area contributed by atoms with Crippen molar-refractivity contribution in [3.8, 4) is 6.07 Å². The van der Waals surface area contributed by atoms with Gasteiger partial charge >= 0.3 is 0 Å². The molecule has 0 fully saturated rings. The summed E-state index contributed by atoms with van der Waals surface area (Å²) in [4.78, 5) is 17.9. The molecule has 0 saturated carbocycles. The van der Waals surface area contributed by atoms with Gasteiger partial charge in [-0.25, -0.2) is 0 Å². The van der Waals surface area contributed by atoms with Crippen LogP contribution in [0.5, 0.6) is 0 Å². The van der Waals surface area contributed by atoms with Crippen LogP contribution in [-0.4, -0.2) is 27.4 Å². The summed E-state index contributed by atoms with van der Waals surface area (Å²) >= 11 is 5.33. The fourth-order valence-corrected chi connectivity index (χ4v) is 2.37. The van der Waals surface area contributed by atoms with E-state index >= 15 is 0 Å². The van der Waals surface area contributed by atoms with Crippen molar-refractivity contribution in [1.29, 1.82) is 5.26 Å². The molecular weight excluding hydrogens is 332 g/mol. The van der Waals surface area contributed by atoms with Crippen LogP contribution in [0.15, 0.2) is 60.9 Å². The molecular formula is C19H18N4OS. The first kappa shape index (κ1) is 18.3. The summed E-state index contributed by atoms with van der Waals surface area (Å²) in [6, 6.07) is 15.4. The molecule has 0 atom stereocenters. The number of pyridine rings is 1. The second kappa shape index (κ2) is 9.96. The van der Waals surface area contributed by atoms with E-state index in [9.17, 15) is 4.79 Å². The summed E-state index contributed by atoms with van der Waals surface area (Å²) in [6.07, 6.45) is 6.90. The number of hydrogen-bond donors (Lipinski definition) is 1. The first-order chi connectivity index (χ1) is 12.2. The lowest BCUT2D eigenvalue weighted by molar-refractivity contribution is -0.115. The largest absolute Gasteiger partial charge is 0.344 e. The van der Waals surface area contributed by atoms with Gasteiger partial charge in [-0.2, -0.15) is 5.26 Å². The van der Waals surface area contributed by atoms with E-state index in [1.807, 2.05) is 42.5 Å². The zero-order valence-electron chi connectivity index (χ0n) is 13.6. The number of nitrogens with zero attached hydrogens (tertiary/aromatic N) is 3. The third-order valence-electron chi connectivity index (χ3n) is 3.33. The van der Waals surface area contributed by atoms with Crippen LogP contribution in [0.4, 0.5) is 0 Å². The standard InChI is InChI=1S/C19H18N4OS/c20-11-5-13-23(15-17-8-4-12-21-14-17)19(25)22-18(24)10-9-16-6-2-1-3-7-16/h1-4,6-10,12,14H,5,13,15H2,(H,22,24,25)/b10-9-. The van der Waals surface area contributed by atoms with Crippen LogP contribution in [0, 0.1) is 11.3 Å². The number of carbonyl (C=O) groups is 1. The predicted molar refractivity (Wildman–Crippen MR) is 101 cm³/mol. The predicted octanol–water partition coefficient (Wildman–Crippen LogP) is 2.91. The summed E-state index contributed by atoms with van der Waals surface area (Å²) in [6.45, 7) is 0.921. The van der Waals surface area contributed by atoms with Gasteiger partial charge in [0.2, 0.25) is 5.91 Å². The van der Waals surface area contributed by atoms with Gasteiger partial charge in [-0.1, -0.05) is 36.4 Å². The van der Waals surface area contributed by atoms with Gasteiger partial charge < -0.3 is 4.90 Å². The molecule has 1 amide bonds. The SMILES string of the molecule is N#CCCN(Cc1cccnc1)C(=S)NC(=O)/C=C\c1ccccc1. The molecule has 0 aliphatic carbocycles. The monoisotopic (exact) mass is 350 g/mol. The fourth-order valence-electron chi connectivity index (χ4n) is 2.11. The minimum atomic E-state index is -0.304. The van der Waals surface area contributed by atoms with E-state index in [4.69, 9.17) is 17.5 Å². The van der Waals surface area contributed by atoms with Crippen molar-refractivity contribution >= 4 is 29.3 Å². The number of nitrogens with one attached hydrogen (secondary N) is 1. The number of amides is 1. The highest BCUT2D eigenvalue weighted by Crippen LogP contribution is 2.05. The lowest BCUT2D eigenvalue weighted by Gasteiger charge is -2.24. The molecule has 0 aliphatic rings. The zero-order chi connectivity index (χ0) is 17.9. The lowest BCUT2D eigenvalue weighted by atomic mass is 10.2. The topological polar surface area (TPSA) is 69.0 Å². The summed E-state index contributed by atoms with van der Waals surface area (Å²) in [5.74, 6) is -0.304. The molecule has 0 aliphatic heterocycles. The Hall–Kier alpha value is -3.04. The fraction of sp³-hybridized carbons (Fsp3) is 0.158. The van der Waals surface area contributed by atoms with Gasteiger partial charge in [0.15, 0.2) is 5.11 Å². The van der Waals surface area contributed by atoms with Crippen molar-refractivity contribution in [2.75, 3.05) is 6.54 Å². The normalized spacial score (nSPS) is 10.2. The average Bonchev–Trinajstić information content (AvgIpc) is 2.65. The maximum absolute atomic E-state index is 12.1. The lowest BCUT2D eigenvalue weighted by Crippen LogP contribution is -2.42. The first-order valence-electron chi connectivity index (χ1n) is 7.78. The number of nitriles is 1. The summed E-state index contributed by atoms with van der Waals surface area (Å²) in [5.41, 5.74) is 1.89. The van der Waals surface area contributed by atoms with Crippen molar-refractivity contribution in [2.45, 2.75) is 13.0 Å². The Morgan fingerprint density at radius 3 is 2.76 bits per heavy atom. The van der Waals surface area contributed by atoms with Crippen molar-refractivity contribution < 1.29 is 4.79 Å². The van der Waals surface area contributed by atoms with Crippen LogP contribution < -0.4 is 5.32 Å². The Labute approximate surface area is 152 Å². The molecule has 126 valence electrons. The Balaban J connectivity index is 1.97. The molecule has 1 heterocycles. The van der Waals surface area contributed by atoms with E-state index < -0.39 is 0 Å². The van der Waals surface area contributed by atoms with E-state index in [0.717, 1.165) is 11.1 Å². The average molecular weight is 350 g/mol. The van der Waals surface area contributed by atoms with Crippen molar-refractivity contribution in [2.24, 2.45) is 0 Å². The van der Waals surface area contributed by atoms with Crippen LogP contribution in [0.1, 0.15) is 17.5 Å². The smallest absolute Gasteiger partial charge is 0.250 e. The molecule has 2 aromatic rings. The highest BCUT2D eigenvalue weighted by molar-refractivity contribution is 7.80. The molecule has 0 unspecified atom stereocenters. The number of thiocarbonyl (C=S) groups is 1. The van der Waals surface area contributed by atoms with E-state index in [2.05, 4.69) is 16.4 Å². The van der Waals surface area contributed by atoms with Gasteiger partial charge in [0, 0.05) is 31.6 Å². The highest BCUT2D eigenvalue weighted by Gasteiger charge is 2.12. The number of carbonyl (C=O) groups excluding carboxylic acids is 1.